The predicted molar refractivity (Wildman–Crippen MR) is 120 cm³/mol. The number of aryl methyl sites for hydroxylation is 1. The van der Waals surface area contributed by atoms with E-state index in [1.807, 2.05) is 19.9 Å². The van der Waals surface area contributed by atoms with Crippen molar-refractivity contribution in [1.29, 1.82) is 0 Å². The Balaban J connectivity index is 1.56. The van der Waals surface area contributed by atoms with Gasteiger partial charge in [0.05, 0.1) is 25.4 Å². The van der Waals surface area contributed by atoms with Gasteiger partial charge in [0.2, 0.25) is 0 Å². The zero-order valence-corrected chi connectivity index (χ0v) is 17.9. The number of fused-ring (bicyclic) bond motifs is 1. The summed E-state index contributed by atoms with van der Waals surface area (Å²) >= 11 is 0. The van der Waals surface area contributed by atoms with Gasteiger partial charge in [0.15, 0.2) is 0 Å². The Morgan fingerprint density at radius 3 is 2.87 bits per heavy atom. The molecule has 1 fully saturated rings. The molecule has 1 N–H and O–H groups in total. The van der Waals surface area contributed by atoms with Gasteiger partial charge in [-0.2, -0.15) is 0 Å². The van der Waals surface area contributed by atoms with Gasteiger partial charge in [-0.3, -0.25) is 4.90 Å². The Hall–Kier alpha value is -2.57. The van der Waals surface area contributed by atoms with Crippen LogP contribution in [0.15, 0.2) is 30.5 Å². The number of hydrogen-bond acceptors (Lipinski definition) is 5. The van der Waals surface area contributed by atoms with Gasteiger partial charge in [0, 0.05) is 49.0 Å². The zero-order valence-electron chi connectivity index (χ0n) is 17.9. The number of nitrogens with zero attached hydrogens (tertiary/aromatic N) is 2. The van der Waals surface area contributed by atoms with Crippen LogP contribution in [0.1, 0.15) is 40.5 Å². The van der Waals surface area contributed by atoms with Crippen LogP contribution in [0, 0.1) is 6.92 Å². The van der Waals surface area contributed by atoms with Crippen LogP contribution in [0.5, 0.6) is 0 Å². The third-order valence-corrected chi connectivity index (χ3v) is 5.91. The summed E-state index contributed by atoms with van der Waals surface area (Å²) in [6.07, 6.45) is 6.12. The molecule has 1 aromatic heterocycles. The average molecular weight is 410 g/mol. The van der Waals surface area contributed by atoms with E-state index in [1.54, 1.807) is 0 Å². The summed E-state index contributed by atoms with van der Waals surface area (Å²) in [4.78, 5) is 15.1. The van der Waals surface area contributed by atoms with Crippen molar-refractivity contribution in [3.63, 3.8) is 0 Å². The molecule has 30 heavy (non-hydrogen) atoms. The molecular formula is C24H31N3O3. The number of ether oxygens (including phenoxy) is 2. The van der Waals surface area contributed by atoms with Crippen LogP contribution in [0.2, 0.25) is 0 Å². The molecule has 0 saturated carbocycles. The first kappa shape index (κ1) is 20.7. The SMILES string of the molecule is CCOC(=O)c1c(CCCN2CCOCC2)cn(C=C2CNc3ccccc32)c1C. The minimum atomic E-state index is -0.224. The van der Waals surface area contributed by atoms with Crippen LogP contribution in [0.25, 0.3) is 11.8 Å². The molecule has 160 valence electrons. The minimum Gasteiger partial charge on any atom is -0.462 e. The van der Waals surface area contributed by atoms with Crippen LogP contribution in [-0.4, -0.2) is 61.4 Å². The Morgan fingerprint density at radius 2 is 2.07 bits per heavy atom. The van der Waals surface area contributed by atoms with E-state index in [2.05, 4.69) is 45.4 Å². The molecule has 2 aromatic rings. The van der Waals surface area contributed by atoms with Crippen LogP contribution in [0.3, 0.4) is 0 Å². The molecule has 0 unspecified atom stereocenters. The number of anilines is 1. The number of rotatable bonds is 7. The molecule has 6 heteroatoms. The van der Waals surface area contributed by atoms with Crippen molar-refractivity contribution >= 4 is 23.4 Å². The summed E-state index contributed by atoms with van der Waals surface area (Å²) in [5.41, 5.74) is 6.32. The quantitative estimate of drug-likeness (QED) is 0.708. The smallest absolute Gasteiger partial charge is 0.340 e. The summed E-state index contributed by atoms with van der Waals surface area (Å²) in [5, 5.41) is 3.44. The molecular weight excluding hydrogens is 378 g/mol. The standard InChI is InChI=1S/C24H31N3O3/c1-3-30-24(28)23-18(2)27(17-20-15-25-22-9-5-4-8-21(20)22)16-19(23)7-6-10-26-11-13-29-14-12-26/h4-5,8-9,16-17,25H,3,6-7,10-15H2,1-2H3. The molecule has 0 bridgehead atoms. The Kier molecular flexibility index (Phi) is 6.55. The van der Waals surface area contributed by atoms with E-state index in [0.29, 0.717) is 6.61 Å². The van der Waals surface area contributed by atoms with E-state index < -0.39 is 0 Å². The van der Waals surface area contributed by atoms with Crippen molar-refractivity contribution in [2.45, 2.75) is 26.7 Å². The van der Waals surface area contributed by atoms with Gasteiger partial charge in [0.25, 0.3) is 0 Å². The molecule has 0 aliphatic carbocycles. The fourth-order valence-electron chi connectivity index (χ4n) is 4.30. The fourth-order valence-corrected chi connectivity index (χ4v) is 4.30. The molecule has 2 aliphatic heterocycles. The number of aromatic nitrogens is 1. The van der Waals surface area contributed by atoms with Crippen molar-refractivity contribution in [2.24, 2.45) is 0 Å². The Bertz CT molecular complexity index is 926. The lowest BCUT2D eigenvalue weighted by molar-refractivity contribution is 0.0374. The molecule has 0 spiro atoms. The summed E-state index contributed by atoms with van der Waals surface area (Å²) in [6.45, 7) is 9.65. The van der Waals surface area contributed by atoms with E-state index in [-0.39, 0.29) is 5.97 Å². The zero-order chi connectivity index (χ0) is 20.9. The van der Waals surface area contributed by atoms with E-state index in [4.69, 9.17) is 9.47 Å². The highest BCUT2D eigenvalue weighted by molar-refractivity contribution is 5.94. The molecule has 3 heterocycles. The van der Waals surface area contributed by atoms with Gasteiger partial charge in [-0.25, -0.2) is 4.79 Å². The Morgan fingerprint density at radius 1 is 1.27 bits per heavy atom. The predicted octanol–water partition coefficient (Wildman–Crippen LogP) is 3.66. The number of carbonyl (C=O) groups excluding carboxylic acids is 1. The third-order valence-electron chi connectivity index (χ3n) is 5.91. The molecule has 0 atom stereocenters. The summed E-state index contributed by atoms with van der Waals surface area (Å²) < 4.78 is 12.9. The summed E-state index contributed by atoms with van der Waals surface area (Å²) in [5.74, 6) is -0.224. The van der Waals surface area contributed by atoms with E-state index >= 15 is 0 Å². The molecule has 2 aliphatic rings. The monoisotopic (exact) mass is 409 g/mol. The van der Waals surface area contributed by atoms with Gasteiger partial charge in [-0.1, -0.05) is 18.2 Å². The molecule has 0 amide bonds. The summed E-state index contributed by atoms with van der Waals surface area (Å²) in [7, 11) is 0. The minimum absolute atomic E-state index is 0.224. The number of benzene rings is 1. The first-order valence-corrected chi connectivity index (χ1v) is 10.9. The highest BCUT2D eigenvalue weighted by Gasteiger charge is 2.22. The van der Waals surface area contributed by atoms with Crippen LogP contribution in [0.4, 0.5) is 5.69 Å². The van der Waals surface area contributed by atoms with Crippen LogP contribution < -0.4 is 5.32 Å². The van der Waals surface area contributed by atoms with E-state index in [1.165, 1.54) is 11.1 Å². The number of carbonyl (C=O) groups is 1. The lowest BCUT2D eigenvalue weighted by atomic mass is 10.1. The molecule has 4 rings (SSSR count). The van der Waals surface area contributed by atoms with Crippen molar-refractivity contribution in [3.8, 4) is 0 Å². The largest absolute Gasteiger partial charge is 0.462 e. The maximum atomic E-state index is 12.7. The first-order valence-electron chi connectivity index (χ1n) is 10.9. The number of nitrogens with one attached hydrogen (secondary N) is 1. The highest BCUT2D eigenvalue weighted by Crippen LogP contribution is 2.31. The lowest BCUT2D eigenvalue weighted by Gasteiger charge is -2.26. The van der Waals surface area contributed by atoms with Gasteiger partial charge in [-0.15, -0.1) is 0 Å². The molecule has 1 aromatic carbocycles. The summed E-state index contributed by atoms with van der Waals surface area (Å²) in [6, 6.07) is 8.33. The van der Waals surface area contributed by atoms with Crippen molar-refractivity contribution in [3.05, 3.63) is 52.8 Å². The number of esters is 1. The number of hydrogen-bond donors (Lipinski definition) is 1. The second-order valence-corrected chi connectivity index (χ2v) is 7.85. The van der Waals surface area contributed by atoms with Crippen molar-refractivity contribution in [1.82, 2.24) is 9.47 Å². The van der Waals surface area contributed by atoms with Crippen molar-refractivity contribution in [2.75, 3.05) is 51.3 Å². The highest BCUT2D eigenvalue weighted by atomic mass is 16.5. The molecule has 6 nitrogen and oxygen atoms in total. The van der Waals surface area contributed by atoms with Gasteiger partial charge < -0.3 is 19.4 Å². The average Bonchev–Trinajstić information content (AvgIpc) is 3.30. The van der Waals surface area contributed by atoms with Crippen molar-refractivity contribution < 1.29 is 14.3 Å². The van der Waals surface area contributed by atoms with Gasteiger partial charge in [0.1, 0.15) is 0 Å². The maximum absolute atomic E-state index is 12.7. The lowest BCUT2D eigenvalue weighted by Crippen LogP contribution is -2.36. The number of morpholine rings is 1. The molecule has 1 saturated heterocycles. The topological polar surface area (TPSA) is 55.7 Å². The Labute approximate surface area is 178 Å². The normalized spacial score (nSPS) is 17.7. The number of para-hydroxylation sites is 1. The van der Waals surface area contributed by atoms with Crippen LogP contribution in [-0.2, 0) is 15.9 Å². The molecule has 0 radical (unpaired) electrons. The third kappa shape index (κ3) is 4.45. The fraction of sp³-hybridized carbons (Fsp3) is 0.458. The van der Waals surface area contributed by atoms with Gasteiger partial charge in [-0.05, 0) is 50.4 Å². The van der Waals surface area contributed by atoms with E-state index in [9.17, 15) is 4.79 Å². The van der Waals surface area contributed by atoms with Crippen LogP contribution >= 0.6 is 0 Å². The van der Waals surface area contributed by atoms with Gasteiger partial charge >= 0.3 is 5.97 Å². The first-order chi connectivity index (χ1) is 14.7. The second kappa shape index (κ2) is 9.49. The second-order valence-electron chi connectivity index (χ2n) is 7.85. The van der Waals surface area contributed by atoms with E-state index in [0.717, 1.165) is 74.7 Å². The maximum Gasteiger partial charge on any atom is 0.340 e.